The largest absolute Gasteiger partial charge is 0.494 e. The number of hydrogen-bond donors (Lipinski definition) is 1. The fraction of sp³-hybridized carbons (Fsp3) is 0.364. The van der Waals surface area contributed by atoms with Gasteiger partial charge in [0.2, 0.25) is 10.0 Å². The Bertz CT molecular complexity index is 997. The van der Waals surface area contributed by atoms with Crippen molar-refractivity contribution in [1.82, 2.24) is 4.31 Å². The molecule has 1 saturated heterocycles. The molecule has 0 bridgehead atoms. The topological polar surface area (TPSA) is 102 Å². The Hall–Kier alpha value is -2.91. The van der Waals surface area contributed by atoms with Gasteiger partial charge in [-0.2, -0.15) is 4.31 Å². The molecule has 0 saturated carbocycles. The van der Waals surface area contributed by atoms with E-state index in [9.17, 15) is 18.0 Å². The van der Waals surface area contributed by atoms with Crippen molar-refractivity contribution in [2.45, 2.75) is 31.1 Å². The number of esters is 1. The van der Waals surface area contributed by atoms with Crippen LogP contribution in [0.15, 0.2) is 53.4 Å². The first-order chi connectivity index (χ1) is 14.9. The van der Waals surface area contributed by atoms with Gasteiger partial charge < -0.3 is 14.8 Å². The van der Waals surface area contributed by atoms with E-state index in [4.69, 9.17) is 9.47 Å². The van der Waals surface area contributed by atoms with Crippen molar-refractivity contribution in [3.63, 3.8) is 0 Å². The molecule has 0 unspecified atom stereocenters. The Morgan fingerprint density at radius 2 is 1.61 bits per heavy atom. The van der Waals surface area contributed by atoms with Crippen molar-refractivity contribution >= 4 is 27.6 Å². The van der Waals surface area contributed by atoms with E-state index in [0.29, 0.717) is 36.7 Å². The molecule has 1 heterocycles. The van der Waals surface area contributed by atoms with Gasteiger partial charge in [0.1, 0.15) is 5.75 Å². The number of nitrogens with one attached hydrogen (secondary N) is 1. The zero-order valence-corrected chi connectivity index (χ0v) is 18.2. The van der Waals surface area contributed by atoms with Crippen LogP contribution in [0.3, 0.4) is 0 Å². The highest BCUT2D eigenvalue weighted by Gasteiger charge is 2.25. The molecule has 1 amide bonds. The summed E-state index contributed by atoms with van der Waals surface area (Å²) in [5.41, 5.74) is 0.725. The van der Waals surface area contributed by atoms with Crippen LogP contribution in [-0.4, -0.2) is 50.9 Å². The monoisotopic (exact) mass is 446 g/mol. The van der Waals surface area contributed by atoms with E-state index in [-0.39, 0.29) is 4.90 Å². The molecule has 8 nitrogen and oxygen atoms in total. The lowest BCUT2D eigenvalue weighted by molar-refractivity contribution is -0.119. The first-order valence-corrected chi connectivity index (χ1v) is 11.6. The van der Waals surface area contributed by atoms with E-state index >= 15 is 0 Å². The Kier molecular flexibility index (Phi) is 7.64. The molecule has 2 aromatic rings. The molecular weight excluding hydrogens is 420 g/mol. The molecule has 3 rings (SSSR count). The fourth-order valence-electron chi connectivity index (χ4n) is 3.23. The maximum atomic E-state index is 12.7. The van der Waals surface area contributed by atoms with Gasteiger partial charge in [-0.3, -0.25) is 4.79 Å². The second-order valence-electron chi connectivity index (χ2n) is 7.07. The van der Waals surface area contributed by atoms with Crippen LogP contribution in [0.25, 0.3) is 0 Å². The summed E-state index contributed by atoms with van der Waals surface area (Å²) < 4.78 is 37.2. The molecule has 2 aromatic carbocycles. The quantitative estimate of drug-likeness (QED) is 0.626. The third-order valence-corrected chi connectivity index (χ3v) is 6.74. The van der Waals surface area contributed by atoms with Gasteiger partial charge in [-0.1, -0.05) is 6.42 Å². The van der Waals surface area contributed by atoms with E-state index in [1.165, 1.54) is 28.6 Å². The molecule has 31 heavy (non-hydrogen) atoms. The minimum atomic E-state index is -3.52. The third kappa shape index (κ3) is 6.05. The van der Waals surface area contributed by atoms with Crippen LogP contribution < -0.4 is 10.1 Å². The van der Waals surface area contributed by atoms with Gasteiger partial charge >= 0.3 is 5.97 Å². The van der Waals surface area contributed by atoms with Gasteiger partial charge in [0.15, 0.2) is 6.61 Å². The standard InChI is InChI=1S/C22H26N2O6S/c1-2-29-19-10-6-17(7-11-19)22(26)30-16-21(25)23-18-8-12-20(13-9-18)31(27,28)24-14-4-3-5-15-24/h6-13H,2-5,14-16H2,1H3,(H,23,25). The highest BCUT2D eigenvalue weighted by molar-refractivity contribution is 7.89. The van der Waals surface area contributed by atoms with E-state index in [1.54, 1.807) is 24.3 Å². The fourth-order valence-corrected chi connectivity index (χ4v) is 4.75. The van der Waals surface area contributed by atoms with Gasteiger partial charge in [-0.25, -0.2) is 13.2 Å². The zero-order valence-electron chi connectivity index (χ0n) is 17.4. The summed E-state index contributed by atoms with van der Waals surface area (Å²) >= 11 is 0. The summed E-state index contributed by atoms with van der Waals surface area (Å²) in [7, 11) is -3.52. The van der Waals surface area contributed by atoms with Crippen molar-refractivity contribution in [2.24, 2.45) is 0 Å². The smallest absolute Gasteiger partial charge is 0.338 e. The van der Waals surface area contributed by atoms with Crippen molar-refractivity contribution in [3.8, 4) is 5.75 Å². The minimum absolute atomic E-state index is 0.189. The second-order valence-corrected chi connectivity index (χ2v) is 9.01. The number of piperidine rings is 1. The van der Waals surface area contributed by atoms with Crippen LogP contribution in [-0.2, 0) is 19.6 Å². The third-order valence-electron chi connectivity index (χ3n) is 4.83. The van der Waals surface area contributed by atoms with Gasteiger partial charge in [0.25, 0.3) is 5.91 Å². The van der Waals surface area contributed by atoms with Crippen LogP contribution in [0.1, 0.15) is 36.5 Å². The molecule has 0 atom stereocenters. The summed E-state index contributed by atoms with van der Waals surface area (Å²) in [6, 6.07) is 12.4. The van der Waals surface area contributed by atoms with Crippen LogP contribution in [0.4, 0.5) is 5.69 Å². The minimum Gasteiger partial charge on any atom is -0.494 e. The predicted molar refractivity (Wildman–Crippen MR) is 116 cm³/mol. The first kappa shape index (κ1) is 22.8. The zero-order chi connectivity index (χ0) is 22.3. The number of anilines is 1. The number of amides is 1. The number of ether oxygens (including phenoxy) is 2. The number of nitrogens with zero attached hydrogens (tertiary/aromatic N) is 1. The highest BCUT2D eigenvalue weighted by Crippen LogP contribution is 2.22. The molecule has 1 aliphatic heterocycles. The predicted octanol–water partition coefficient (Wildman–Crippen LogP) is 3.06. The molecule has 0 aromatic heterocycles. The van der Waals surface area contributed by atoms with E-state index in [2.05, 4.69) is 5.32 Å². The maximum Gasteiger partial charge on any atom is 0.338 e. The average Bonchev–Trinajstić information content (AvgIpc) is 2.79. The van der Waals surface area contributed by atoms with Crippen molar-refractivity contribution in [3.05, 3.63) is 54.1 Å². The summed E-state index contributed by atoms with van der Waals surface area (Å²) in [6.07, 6.45) is 2.77. The van der Waals surface area contributed by atoms with E-state index in [0.717, 1.165) is 19.3 Å². The van der Waals surface area contributed by atoms with Gasteiger partial charge in [0, 0.05) is 18.8 Å². The van der Waals surface area contributed by atoms with Crippen LogP contribution in [0, 0.1) is 0 Å². The number of carbonyl (C=O) groups is 2. The summed E-state index contributed by atoms with van der Waals surface area (Å²) in [5, 5.41) is 2.59. The second kappa shape index (κ2) is 10.4. The Labute approximate surface area is 182 Å². The molecular formula is C22H26N2O6S. The van der Waals surface area contributed by atoms with E-state index in [1.807, 2.05) is 6.92 Å². The summed E-state index contributed by atoms with van der Waals surface area (Å²) in [5.74, 6) is -0.505. The number of carbonyl (C=O) groups excluding carboxylic acids is 2. The van der Waals surface area contributed by atoms with Gasteiger partial charge in [0.05, 0.1) is 17.1 Å². The number of sulfonamides is 1. The Morgan fingerprint density at radius 3 is 2.23 bits per heavy atom. The number of benzene rings is 2. The Morgan fingerprint density at radius 1 is 0.968 bits per heavy atom. The lowest BCUT2D eigenvalue weighted by Crippen LogP contribution is -2.35. The molecule has 1 fully saturated rings. The van der Waals surface area contributed by atoms with Crippen LogP contribution in [0.2, 0.25) is 0 Å². The molecule has 1 aliphatic rings. The summed E-state index contributed by atoms with van der Waals surface area (Å²) in [4.78, 5) is 24.3. The molecule has 166 valence electrons. The van der Waals surface area contributed by atoms with Crippen molar-refractivity contribution < 1.29 is 27.5 Å². The first-order valence-electron chi connectivity index (χ1n) is 10.2. The summed E-state index contributed by atoms with van der Waals surface area (Å²) in [6.45, 7) is 2.98. The Balaban J connectivity index is 1.51. The number of hydrogen-bond acceptors (Lipinski definition) is 6. The molecule has 1 N–H and O–H groups in total. The molecule has 0 spiro atoms. The number of rotatable bonds is 8. The van der Waals surface area contributed by atoms with Gasteiger partial charge in [-0.15, -0.1) is 0 Å². The molecule has 9 heteroatoms. The lowest BCUT2D eigenvalue weighted by Gasteiger charge is -2.25. The van der Waals surface area contributed by atoms with E-state index < -0.39 is 28.5 Å². The van der Waals surface area contributed by atoms with Crippen LogP contribution in [0.5, 0.6) is 5.75 Å². The van der Waals surface area contributed by atoms with Crippen molar-refractivity contribution in [2.75, 3.05) is 31.6 Å². The average molecular weight is 447 g/mol. The molecule has 0 radical (unpaired) electrons. The lowest BCUT2D eigenvalue weighted by atomic mass is 10.2. The maximum absolute atomic E-state index is 12.7. The molecule has 0 aliphatic carbocycles. The normalized spacial score (nSPS) is 14.6. The highest BCUT2D eigenvalue weighted by atomic mass is 32.2. The van der Waals surface area contributed by atoms with Crippen LogP contribution >= 0.6 is 0 Å². The SMILES string of the molecule is CCOc1ccc(C(=O)OCC(=O)Nc2ccc(S(=O)(=O)N3CCCCC3)cc2)cc1. The van der Waals surface area contributed by atoms with Gasteiger partial charge in [-0.05, 0) is 68.3 Å². The van der Waals surface area contributed by atoms with Crippen molar-refractivity contribution in [1.29, 1.82) is 0 Å².